The SMILES string of the molecule is CCOC(=O)N1C=CC(CC(=O)N(CC)CC)C=C1. The molecule has 19 heavy (non-hydrogen) atoms. The third kappa shape index (κ3) is 4.43. The summed E-state index contributed by atoms with van der Waals surface area (Å²) in [5, 5.41) is 0. The summed E-state index contributed by atoms with van der Waals surface area (Å²) in [6, 6.07) is 0. The van der Waals surface area contributed by atoms with Gasteiger partial charge in [0.25, 0.3) is 0 Å². The van der Waals surface area contributed by atoms with Crippen LogP contribution >= 0.6 is 0 Å². The highest BCUT2D eigenvalue weighted by molar-refractivity contribution is 5.77. The molecule has 106 valence electrons. The molecule has 0 radical (unpaired) electrons. The lowest BCUT2D eigenvalue weighted by atomic mass is 10.0. The Balaban J connectivity index is 2.49. The van der Waals surface area contributed by atoms with Gasteiger partial charge < -0.3 is 9.64 Å². The van der Waals surface area contributed by atoms with Gasteiger partial charge in [-0.2, -0.15) is 0 Å². The van der Waals surface area contributed by atoms with Gasteiger partial charge in [-0.05, 0) is 20.8 Å². The zero-order chi connectivity index (χ0) is 14.3. The zero-order valence-corrected chi connectivity index (χ0v) is 11.8. The smallest absolute Gasteiger partial charge is 0.417 e. The first-order valence-corrected chi connectivity index (χ1v) is 6.71. The molecule has 0 N–H and O–H groups in total. The number of nitrogens with zero attached hydrogens (tertiary/aromatic N) is 2. The van der Waals surface area contributed by atoms with Crippen molar-refractivity contribution in [3.63, 3.8) is 0 Å². The molecule has 0 bridgehead atoms. The van der Waals surface area contributed by atoms with Crippen molar-refractivity contribution in [3.05, 3.63) is 24.6 Å². The largest absolute Gasteiger partial charge is 0.449 e. The maximum Gasteiger partial charge on any atom is 0.417 e. The topological polar surface area (TPSA) is 49.9 Å². The maximum absolute atomic E-state index is 11.9. The average molecular weight is 266 g/mol. The molecule has 0 aromatic carbocycles. The molecule has 0 aromatic rings. The molecule has 0 saturated carbocycles. The number of ether oxygens (including phenoxy) is 1. The Morgan fingerprint density at radius 2 is 1.74 bits per heavy atom. The Labute approximate surface area is 114 Å². The fourth-order valence-electron chi connectivity index (χ4n) is 1.88. The number of rotatable bonds is 5. The summed E-state index contributed by atoms with van der Waals surface area (Å²) in [6.07, 6.45) is 7.03. The molecule has 1 rings (SSSR count). The Morgan fingerprint density at radius 3 is 2.21 bits per heavy atom. The Hall–Kier alpha value is -1.78. The van der Waals surface area contributed by atoms with E-state index in [-0.39, 0.29) is 11.8 Å². The minimum atomic E-state index is -0.400. The first-order valence-electron chi connectivity index (χ1n) is 6.71. The van der Waals surface area contributed by atoms with Gasteiger partial charge >= 0.3 is 6.09 Å². The van der Waals surface area contributed by atoms with Gasteiger partial charge in [-0.1, -0.05) is 12.2 Å². The maximum atomic E-state index is 11.9. The molecule has 5 heteroatoms. The summed E-state index contributed by atoms with van der Waals surface area (Å²) in [7, 11) is 0. The van der Waals surface area contributed by atoms with Gasteiger partial charge in [-0.3, -0.25) is 9.69 Å². The van der Waals surface area contributed by atoms with E-state index in [4.69, 9.17) is 4.74 Å². The molecular weight excluding hydrogens is 244 g/mol. The molecule has 0 saturated heterocycles. The molecule has 5 nitrogen and oxygen atoms in total. The number of amides is 2. The molecule has 0 unspecified atom stereocenters. The van der Waals surface area contributed by atoms with E-state index in [0.717, 1.165) is 13.1 Å². The van der Waals surface area contributed by atoms with Gasteiger partial charge in [0.05, 0.1) is 6.61 Å². The van der Waals surface area contributed by atoms with Gasteiger partial charge in [0.2, 0.25) is 5.91 Å². The highest BCUT2D eigenvalue weighted by Gasteiger charge is 2.18. The molecule has 1 heterocycles. The lowest BCUT2D eigenvalue weighted by Gasteiger charge is -2.22. The standard InChI is InChI=1S/C14H22N2O3/c1-4-15(5-2)13(17)11-12-7-9-16(10-8-12)14(18)19-6-3/h7-10,12H,4-6,11H2,1-3H3. The molecule has 0 aromatic heterocycles. The summed E-state index contributed by atoms with van der Waals surface area (Å²) in [4.78, 5) is 26.6. The van der Waals surface area contributed by atoms with E-state index in [2.05, 4.69) is 0 Å². The van der Waals surface area contributed by atoms with Crippen LogP contribution in [0.4, 0.5) is 4.79 Å². The van der Waals surface area contributed by atoms with Crippen LogP contribution in [-0.2, 0) is 9.53 Å². The first kappa shape index (κ1) is 15.3. The highest BCUT2D eigenvalue weighted by Crippen LogP contribution is 2.16. The quantitative estimate of drug-likeness (QED) is 0.767. The molecule has 1 aliphatic rings. The van der Waals surface area contributed by atoms with Crippen LogP contribution in [0.1, 0.15) is 27.2 Å². The van der Waals surface area contributed by atoms with E-state index in [9.17, 15) is 9.59 Å². The number of hydrogen-bond donors (Lipinski definition) is 0. The van der Waals surface area contributed by atoms with E-state index in [1.54, 1.807) is 24.2 Å². The van der Waals surface area contributed by atoms with Crippen molar-refractivity contribution in [2.75, 3.05) is 19.7 Å². The molecule has 0 aliphatic carbocycles. The molecular formula is C14H22N2O3. The van der Waals surface area contributed by atoms with Gasteiger partial charge in [0.15, 0.2) is 0 Å². The van der Waals surface area contributed by atoms with Crippen LogP contribution in [0.3, 0.4) is 0 Å². The van der Waals surface area contributed by atoms with Gasteiger partial charge in [0.1, 0.15) is 0 Å². The van der Waals surface area contributed by atoms with Gasteiger partial charge in [-0.25, -0.2) is 4.79 Å². The molecule has 1 aliphatic heterocycles. The van der Waals surface area contributed by atoms with Crippen molar-refractivity contribution in [1.29, 1.82) is 0 Å². The van der Waals surface area contributed by atoms with Crippen molar-refractivity contribution >= 4 is 12.0 Å². The van der Waals surface area contributed by atoms with E-state index in [0.29, 0.717) is 13.0 Å². The average Bonchev–Trinajstić information content (AvgIpc) is 2.41. The summed E-state index contributed by atoms with van der Waals surface area (Å²) < 4.78 is 4.88. The summed E-state index contributed by atoms with van der Waals surface area (Å²) in [6.45, 7) is 7.50. The predicted octanol–water partition coefficient (Wildman–Crippen LogP) is 2.36. The second kappa shape index (κ2) is 7.61. The van der Waals surface area contributed by atoms with Crippen LogP contribution in [0.15, 0.2) is 24.6 Å². The van der Waals surface area contributed by atoms with Crippen LogP contribution in [-0.4, -0.2) is 41.5 Å². The van der Waals surface area contributed by atoms with Gasteiger partial charge in [-0.15, -0.1) is 0 Å². The van der Waals surface area contributed by atoms with Crippen LogP contribution in [0.2, 0.25) is 0 Å². The third-order valence-corrected chi connectivity index (χ3v) is 2.99. The Morgan fingerprint density at radius 1 is 1.16 bits per heavy atom. The second-order valence-electron chi connectivity index (χ2n) is 4.22. The molecule has 2 amide bonds. The molecule has 0 spiro atoms. The van der Waals surface area contributed by atoms with E-state index in [1.807, 2.05) is 26.0 Å². The second-order valence-corrected chi connectivity index (χ2v) is 4.22. The Bertz CT molecular complexity index is 359. The lowest BCUT2D eigenvalue weighted by Crippen LogP contribution is -2.32. The van der Waals surface area contributed by atoms with E-state index < -0.39 is 6.09 Å². The number of carbonyl (C=O) groups excluding carboxylic acids is 2. The normalized spacial score (nSPS) is 14.6. The molecule has 0 atom stereocenters. The third-order valence-electron chi connectivity index (χ3n) is 2.99. The van der Waals surface area contributed by atoms with E-state index in [1.165, 1.54) is 4.90 Å². The van der Waals surface area contributed by atoms with Gasteiger partial charge in [0, 0.05) is 37.8 Å². The lowest BCUT2D eigenvalue weighted by molar-refractivity contribution is -0.131. The van der Waals surface area contributed by atoms with Crippen LogP contribution < -0.4 is 0 Å². The number of carbonyl (C=O) groups is 2. The minimum Gasteiger partial charge on any atom is -0.449 e. The monoisotopic (exact) mass is 266 g/mol. The van der Waals surface area contributed by atoms with E-state index >= 15 is 0 Å². The fraction of sp³-hybridized carbons (Fsp3) is 0.571. The van der Waals surface area contributed by atoms with Crippen LogP contribution in [0, 0.1) is 5.92 Å². The van der Waals surface area contributed by atoms with Crippen molar-refractivity contribution in [2.45, 2.75) is 27.2 Å². The summed E-state index contributed by atoms with van der Waals surface area (Å²) >= 11 is 0. The highest BCUT2D eigenvalue weighted by atomic mass is 16.5. The number of allylic oxidation sites excluding steroid dienone is 2. The zero-order valence-electron chi connectivity index (χ0n) is 11.8. The Kier molecular flexibility index (Phi) is 6.12. The summed E-state index contributed by atoms with van der Waals surface area (Å²) in [5.41, 5.74) is 0. The number of hydrogen-bond acceptors (Lipinski definition) is 3. The van der Waals surface area contributed by atoms with Crippen LogP contribution in [0.25, 0.3) is 0 Å². The first-order chi connectivity index (χ1) is 9.12. The predicted molar refractivity (Wildman–Crippen MR) is 73.2 cm³/mol. The minimum absolute atomic E-state index is 0.0405. The van der Waals surface area contributed by atoms with Crippen molar-refractivity contribution < 1.29 is 14.3 Å². The molecule has 0 fully saturated rings. The summed E-state index contributed by atoms with van der Waals surface area (Å²) in [5.74, 6) is 0.174. The van der Waals surface area contributed by atoms with Crippen molar-refractivity contribution in [1.82, 2.24) is 9.80 Å². The van der Waals surface area contributed by atoms with Crippen LogP contribution in [0.5, 0.6) is 0 Å². The van der Waals surface area contributed by atoms with Crippen molar-refractivity contribution in [2.24, 2.45) is 5.92 Å². The van der Waals surface area contributed by atoms with Crippen molar-refractivity contribution in [3.8, 4) is 0 Å². The fourth-order valence-corrected chi connectivity index (χ4v) is 1.88.